The van der Waals surface area contributed by atoms with E-state index in [9.17, 15) is 14.3 Å². The second kappa shape index (κ2) is 12.8. The number of nitrogens with one attached hydrogen (secondary N) is 2. The van der Waals surface area contributed by atoms with Gasteiger partial charge in [0.05, 0.1) is 25.1 Å². The molecule has 0 aliphatic carbocycles. The molecule has 0 bridgehead atoms. The fourth-order valence-corrected chi connectivity index (χ4v) is 4.77. The van der Waals surface area contributed by atoms with Crippen molar-refractivity contribution in [3.63, 3.8) is 0 Å². The number of aliphatic hydroxyl groups is 1. The number of hydrogen-bond acceptors (Lipinski definition) is 8. The van der Waals surface area contributed by atoms with E-state index in [0.717, 1.165) is 29.7 Å². The van der Waals surface area contributed by atoms with Crippen LogP contribution in [-0.4, -0.2) is 70.6 Å². The van der Waals surface area contributed by atoms with Gasteiger partial charge >= 0.3 is 0 Å². The molecule has 10 nitrogen and oxygen atoms in total. The summed E-state index contributed by atoms with van der Waals surface area (Å²) >= 11 is 0. The van der Waals surface area contributed by atoms with E-state index in [0.29, 0.717) is 42.5 Å². The Kier molecular flexibility index (Phi) is 8.73. The lowest BCUT2D eigenvalue weighted by molar-refractivity contribution is 0.0943. The number of amides is 1. The molecule has 4 aromatic rings. The Morgan fingerprint density at radius 2 is 1.95 bits per heavy atom. The molecule has 2 aromatic heterocycles. The zero-order valence-electron chi connectivity index (χ0n) is 23.0. The summed E-state index contributed by atoms with van der Waals surface area (Å²) in [6.07, 6.45) is 3.82. The van der Waals surface area contributed by atoms with Crippen LogP contribution in [0.4, 0.5) is 10.2 Å². The van der Waals surface area contributed by atoms with Crippen LogP contribution in [0.2, 0.25) is 0 Å². The summed E-state index contributed by atoms with van der Waals surface area (Å²) in [6, 6.07) is 14.5. The van der Waals surface area contributed by atoms with Crippen LogP contribution in [0.15, 0.2) is 60.9 Å². The number of aromatic amines is 1. The highest BCUT2D eigenvalue weighted by Crippen LogP contribution is 2.28. The molecule has 1 amide bonds. The van der Waals surface area contributed by atoms with Crippen LogP contribution in [0, 0.1) is 11.7 Å². The number of ether oxygens (including phenoxy) is 2. The molecule has 3 N–H and O–H groups in total. The summed E-state index contributed by atoms with van der Waals surface area (Å²) in [5.41, 5.74) is 3.01. The molecule has 11 heteroatoms. The molecule has 214 valence electrons. The maximum atomic E-state index is 14.8. The van der Waals surface area contributed by atoms with Gasteiger partial charge in [0.2, 0.25) is 0 Å². The average molecular weight is 561 g/mol. The number of halogens is 1. The van der Waals surface area contributed by atoms with E-state index in [1.807, 2.05) is 35.2 Å². The summed E-state index contributed by atoms with van der Waals surface area (Å²) in [5.74, 6) is 1.21. The third-order valence-electron chi connectivity index (χ3n) is 6.99. The molecular weight excluding hydrogens is 527 g/mol. The van der Waals surface area contributed by atoms with E-state index in [1.54, 1.807) is 31.3 Å². The van der Waals surface area contributed by atoms with Crippen LogP contribution in [0.5, 0.6) is 11.5 Å². The Morgan fingerprint density at radius 1 is 1.17 bits per heavy atom. The van der Waals surface area contributed by atoms with E-state index in [2.05, 4.69) is 25.5 Å². The van der Waals surface area contributed by atoms with Gasteiger partial charge in [-0.15, -0.1) is 0 Å². The predicted octanol–water partition coefficient (Wildman–Crippen LogP) is 4.09. The number of hydrogen-bond donors (Lipinski definition) is 3. The highest BCUT2D eigenvalue weighted by molar-refractivity contribution is 5.95. The van der Waals surface area contributed by atoms with Crippen LogP contribution in [-0.2, 0) is 0 Å². The number of carbonyl (C=O) groups excluding carboxylic acids is 1. The van der Waals surface area contributed by atoms with Crippen molar-refractivity contribution in [1.29, 1.82) is 0 Å². The van der Waals surface area contributed by atoms with Gasteiger partial charge in [-0.3, -0.25) is 9.89 Å². The van der Waals surface area contributed by atoms with Crippen LogP contribution in [0.1, 0.15) is 30.1 Å². The van der Waals surface area contributed by atoms with E-state index in [4.69, 9.17) is 9.47 Å². The molecule has 5 rings (SSSR count). The number of aromatic nitrogens is 4. The molecule has 1 saturated heterocycles. The van der Waals surface area contributed by atoms with Crippen molar-refractivity contribution in [2.45, 2.75) is 25.9 Å². The number of rotatable bonds is 10. The van der Waals surface area contributed by atoms with Gasteiger partial charge in [-0.1, -0.05) is 18.2 Å². The number of carbonyl (C=O) groups is 1. The summed E-state index contributed by atoms with van der Waals surface area (Å²) < 4.78 is 25.7. The van der Waals surface area contributed by atoms with Crippen LogP contribution >= 0.6 is 0 Å². The first-order valence-corrected chi connectivity index (χ1v) is 13.6. The second-order valence-electron chi connectivity index (χ2n) is 10.1. The van der Waals surface area contributed by atoms with Crippen LogP contribution < -0.4 is 19.7 Å². The zero-order chi connectivity index (χ0) is 28.8. The topological polar surface area (TPSA) is 125 Å². The van der Waals surface area contributed by atoms with Gasteiger partial charge in [-0.2, -0.15) is 5.10 Å². The van der Waals surface area contributed by atoms with Crippen molar-refractivity contribution in [2.24, 2.45) is 5.92 Å². The van der Waals surface area contributed by atoms with Crippen molar-refractivity contribution in [3.8, 4) is 34.1 Å². The fraction of sp³-hybridized carbons (Fsp3) is 0.333. The van der Waals surface area contributed by atoms with Gasteiger partial charge in [0, 0.05) is 48.6 Å². The first-order chi connectivity index (χ1) is 19.9. The fourth-order valence-electron chi connectivity index (χ4n) is 4.77. The van der Waals surface area contributed by atoms with Gasteiger partial charge in [0.25, 0.3) is 5.91 Å². The number of aliphatic hydroxyl groups excluding tert-OH is 1. The van der Waals surface area contributed by atoms with Gasteiger partial charge < -0.3 is 24.8 Å². The van der Waals surface area contributed by atoms with Gasteiger partial charge in [0.1, 0.15) is 18.1 Å². The molecule has 3 heterocycles. The molecule has 0 radical (unpaired) electrons. The number of nitrogens with zero attached hydrogens (tertiary/aromatic N) is 4. The van der Waals surface area contributed by atoms with Gasteiger partial charge in [-0.25, -0.2) is 14.4 Å². The number of H-pyrrole nitrogens is 1. The third kappa shape index (κ3) is 6.98. The van der Waals surface area contributed by atoms with Crippen molar-refractivity contribution in [1.82, 2.24) is 25.5 Å². The summed E-state index contributed by atoms with van der Waals surface area (Å²) in [4.78, 5) is 23.7. The standard InChI is InChI=1S/C30H33FN6O4/c1-19(38)18-41-25-14-23(13-24(15-25)40-2)30(39)33-16-20-7-10-37(11-8-20)29-26(31)17-32-28(35-29)22-5-3-4-21(12-22)27-6-9-34-36-27/h3-6,9,12-15,17,19-20,38H,7-8,10-11,16,18H2,1-2H3,(H,33,39)(H,34,36). The van der Waals surface area contributed by atoms with Crippen molar-refractivity contribution in [3.05, 3.63) is 72.3 Å². The minimum Gasteiger partial charge on any atom is -0.497 e. The Bertz CT molecular complexity index is 1470. The first kappa shape index (κ1) is 28.0. The lowest BCUT2D eigenvalue weighted by Crippen LogP contribution is -2.39. The summed E-state index contributed by atoms with van der Waals surface area (Å²) in [5, 5.41) is 19.4. The molecule has 0 saturated carbocycles. The molecule has 1 fully saturated rings. The molecule has 1 aliphatic rings. The number of benzene rings is 2. The molecular formula is C30H33FN6O4. The summed E-state index contributed by atoms with van der Waals surface area (Å²) in [7, 11) is 1.52. The van der Waals surface area contributed by atoms with E-state index in [-0.39, 0.29) is 24.2 Å². The Labute approximate surface area is 237 Å². The maximum absolute atomic E-state index is 14.8. The van der Waals surface area contributed by atoms with Crippen molar-refractivity contribution in [2.75, 3.05) is 38.3 Å². The largest absolute Gasteiger partial charge is 0.497 e. The molecule has 1 unspecified atom stereocenters. The Hall–Kier alpha value is -4.51. The minimum absolute atomic E-state index is 0.110. The molecule has 0 spiro atoms. The smallest absolute Gasteiger partial charge is 0.251 e. The molecule has 2 aromatic carbocycles. The van der Waals surface area contributed by atoms with Crippen molar-refractivity contribution >= 4 is 11.7 Å². The van der Waals surface area contributed by atoms with E-state index >= 15 is 0 Å². The Morgan fingerprint density at radius 3 is 2.68 bits per heavy atom. The van der Waals surface area contributed by atoms with Crippen LogP contribution in [0.3, 0.4) is 0 Å². The number of methoxy groups -OCH3 is 1. The maximum Gasteiger partial charge on any atom is 0.251 e. The number of piperidine rings is 1. The molecule has 1 atom stereocenters. The highest BCUT2D eigenvalue weighted by Gasteiger charge is 2.24. The molecule has 41 heavy (non-hydrogen) atoms. The average Bonchev–Trinajstić information content (AvgIpc) is 3.55. The Balaban J connectivity index is 1.19. The van der Waals surface area contributed by atoms with Crippen molar-refractivity contribution < 1.29 is 23.8 Å². The third-order valence-corrected chi connectivity index (χ3v) is 6.99. The zero-order valence-corrected chi connectivity index (χ0v) is 23.0. The van der Waals surface area contributed by atoms with Gasteiger partial charge in [-0.05, 0) is 49.9 Å². The summed E-state index contributed by atoms with van der Waals surface area (Å²) in [6.45, 7) is 3.45. The van der Waals surface area contributed by atoms with E-state index in [1.165, 1.54) is 13.3 Å². The quantitative estimate of drug-likeness (QED) is 0.265. The lowest BCUT2D eigenvalue weighted by atomic mass is 9.96. The number of anilines is 1. The normalized spacial score (nSPS) is 14.5. The minimum atomic E-state index is -0.634. The van der Waals surface area contributed by atoms with E-state index < -0.39 is 11.9 Å². The van der Waals surface area contributed by atoms with Gasteiger partial charge in [0.15, 0.2) is 17.5 Å². The highest BCUT2D eigenvalue weighted by atomic mass is 19.1. The monoisotopic (exact) mass is 560 g/mol. The SMILES string of the molecule is COc1cc(OCC(C)O)cc(C(=O)NCC2CCN(c3nc(-c4cccc(-c5ccn[nH]5)c4)ncc3F)CC2)c1. The second-order valence-corrected chi connectivity index (χ2v) is 10.1. The first-order valence-electron chi connectivity index (χ1n) is 13.6. The van der Waals surface area contributed by atoms with Crippen LogP contribution in [0.25, 0.3) is 22.6 Å². The molecule has 1 aliphatic heterocycles. The predicted molar refractivity (Wildman–Crippen MR) is 152 cm³/mol. The lowest BCUT2D eigenvalue weighted by Gasteiger charge is -2.33.